The van der Waals surface area contributed by atoms with Crippen LogP contribution in [0, 0.1) is 17.7 Å². The number of hydrogen-bond acceptors (Lipinski definition) is 5. The van der Waals surface area contributed by atoms with Crippen LogP contribution in [0.2, 0.25) is 5.02 Å². The standard InChI is InChI=1S/C26H20ClFN2O3S/c27-17-9-11-23-22(13-17)30-26(34-23)29-21-10-8-16(12-20(21)28)14-4-6-15(7-5-14)24(31)18-2-1-3-19(18)25(32)33/h4-13,18-19H,1-3H2,(H,29,30)(H,32,33). The number of carbonyl (C=O) groups excluding carboxylic acids is 1. The molecule has 2 atom stereocenters. The summed E-state index contributed by atoms with van der Waals surface area (Å²) in [6.45, 7) is 0. The van der Waals surface area contributed by atoms with Crippen LogP contribution in [0.25, 0.3) is 21.3 Å². The zero-order valence-corrected chi connectivity index (χ0v) is 19.5. The molecule has 0 bridgehead atoms. The van der Waals surface area contributed by atoms with Crippen LogP contribution >= 0.6 is 22.9 Å². The molecular weight excluding hydrogens is 475 g/mol. The van der Waals surface area contributed by atoms with Gasteiger partial charge in [-0.1, -0.05) is 59.7 Å². The Morgan fingerprint density at radius 1 is 1.00 bits per heavy atom. The maximum Gasteiger partial charge on any atom is 0.307 e. The largest absolute Gasteiger partial charge is 0.481 e. The second-order valence-corrected chi connectivity index (χ2v) is 9.84. The number of carboxylic acid groups (broad SMARTS) is 1. The highest BCUT2D eigenvalue weighted by Crippen LogP contribution is 2.35. The van der Waals surface area contributed by atoms with Gasteiger partial charge in [0.05, 0.1) is 21.8 Å². The Morgan fingerprint density at radius 3 is 2.47 bits per heavy atom. The van der Waals surface area contributed by atoms with E-state index in [1.807, 2.05) is 6.07 Å². The van der Waals surface area contributed by atoms with E-state index in [2.05, 4.69) is 10.3 Å². The highest BCUT2D eigenvalue weighted by molar-refractivity contribution is 7.22. The van der Waals surface area contributed by atoms with Gasteiger partial charge < -0.3 is 10.4 Å². The number of aliphatic carboxylic acids is 1. The SMILES string of the molecule is O=C(O)C1CCCC1C(=O)c1ccc(-c2ccc(Nc3nc4cc(Cl)ccc4s3)c(F)c2)cc1. The zero-order chi connectivity index (χ0) is 23.8. The number of thiazole rings is 1. The lowest BCUT2D eigenvalue weighted by Crippen LogP contribution is -2.25. The Hall–Kier alpha value is -3.29. The normalized spacial score (nSPS) is 17.7. The van der Waals surface area contributed by atoms with Crippen LogP contribution in [0.5, 0.6) is 0 Å². The quantitative estimate of drug-likeness (QED) is 0.277. The van der Waals surface area contributed by atoms with E-state index >= 15 is 0 Å². The lowest BCUT2D eigenvalue weighted by molar-refractivity contribution is -0.142. The minimum atomic E-state index is -0.911. The van der Waals surface area contributed by atoms with Gasteiger partial charge in [0.1, 0.15) is 5.82 Å². The van der Waals surface area contributed by atoms with Crippen molar-refractivity contribution in [2.45, 2.75) is 19.3 Å². The van der Waals surface area contributed by atoms with E-state index in [0.29, 0.717) is 39.8 Å². The maximum atomic E-state index is 14.9. The molecule has 0 radical (unpaired) electrons. The van der Waals surface area contributed by atoms with Gasteiger partial charge in [0.15, 0.2) is 10.9 Å². The summed E-state index contributed by atoms with van der Waals surface area (Å²) >= 11 is 7.42. The second-order valence-electron chi connectivity index (χ2n) is 8.37. The molecule has 4 aromatic rings. The van der Waals surface area contributed by atoms with Crippen molar-refractivity contribution >= 4 is 55.7 Å². The van der Waals surface area contributed by atoms with Crippen molar-refractivity contribution in [3.63, 3.8) is 0 Å². The van der Waals surface area contributed by atoms with E-state index in [-0.39, 0.29) is 5.78 Å². The summed E-state index contributed by atoms with van der Waals surface area (Å²) in [5.74, 6) is -2.57. The number of aromatic nitrogens is 1. The number of anilines is 2. The van der Waals surface area contributed by atoms with Crippen LogP contribution in [-0.2, 0) is 4.79 Å². The van der Waals surface area contributed by atoms with Crippen LogP contribution in [-0.4, -0.2) is 21.8 Å². The van der Waals surface area contributed by atoms with Crippen molar-refractivity contribution in [3.05, 3.63) is 77.1 Å². The number of carbonyl (C=O) groups is 2. The highest BCUT2D eigenvalue weighted by atomic mass is 35.5. The number of fused-ring (bicyclic) bond motifs is 1. The summed E-state index contributed by atoms with van der Waals surface area (Å²) in [6.07, 6.45) is 1.88. The first-order chi connectivity index (χ1) is 16.4. The fourth-order valence-corrected chi connectivity index (χ4v) is 5.50. The van der Waals surface area contributed by atoms with Gasteiger partial charge in [0.25, 0.3) is 0 Å². The van der Waals surface area contributed by atoms with E-state index in [1.165, 1.54) is 17.4 Å². The third kappa shape index (κ3) is 4.41. The van der Waals surface area contributed by atoms with Crippen molar-refractivity contribution in [2.75, 3.05) is 5.32 Å². The predicted molar refractivity (Wildman–Crippen MR) is 133 cm³/mol. The smallest absolute Gasteiger partial charge is 0.307 e. The topological polar surface area (TPSA) is 79.3 Å². The van der Waals surface area contributed by atoms with Gasteiger partial charge in [0.2, 0.25) is 0 Å². The molecule has 8 heteroatoms. The molecule has 0 spiro atoms. The first kappa shape index (κ1) is 22.5. The highest BCUT2D eigenvalue weighted by Gasteiger charge is 2.37. The molecule has 172 valence electrons. The summed E-state index contributed by atoms with van der Waals surface area (Å²) in [6, 6.07) is 17.2. The predicted octanol–water partition coefficient (Wildman–Crippen LogP) is 7.18. The first-order valence-corrected chi connectivity index (χ1v) is 12.1. The van der Waals surface area contributed by atoms with E-state index in [1.54, 1.807) is 48.5 Å². The van der Waals surface area contributed by atoms with Gasteiger partial charge in [-0.05, 0) is 54.3 Å². The van der Waals surface area contributed by atoms with Crippen LogP contribution in [0.3, 0.4) is 0 Å². The number of nitrogens with zero attached hydrogens (tertiary/aromatic N) is 1. The fourth-order valence-electron chi connectivity index (χ4n) is 4.48. The lowest BCUT2D eigenvalue weighted by Gasteiger charge is -2.15. The Labute approximate surface area is 204 Å². The molecule has 5 rings (SSSR count). The van der Waals surface area contributed by atoms with Gasteiger partial charge in [0, 0.05) is 16.5 Å². The van der Waals surface area contributed by atoms with Crippen LogP contribution in [0.4, 0.5) is 15.2 Å². The number of nitrogens with one attached hydrogen (secondary N) is 1. The average Bonchev–Trinajstić information content (AvgIpc) is 3.47. The summed E-state index contributed by atoms with van der Waals surface area (Å²) in [4.78, 5) is 28.7. The van der Waals surface area contributed by atoms with Crippen LogP contribution in [0.15, 0.2) is 60.7 Å². The summed E-state index contributed by atoms with van der Waals surface area (Å²) in [5, 5.41) is 13.5. The molecule has 2 N–H and O–H groups in total. The molecule has 1 aromatic heterocycles. The van der Waals surface area contributed by atoms with E-state index in [4.69, 9.17) is 11.6 Å². The summed E-state index contributed by atoms with van der Waals surface area (Å²) < 4.78 is 15.8. The lowest BCUT2D eigenvalue weighted by atomic mass is 9.88. The first-order valence-electron chi connectivity index (χ1n) is 10.9. The molecule has 0 aliphatic heterocycles. The molecule has 0 saturated heterocycles. The molecule has 1 heterocycles. The second kappa shape index (κ2) is 9.16. The van der Waals surface area contributed by atoms with Gasteiger partial charge in [-0.15, -0.1) is 0 Å². The van der Waals surface area contributed by atoms with E-state index in [9.17, 15) is 19.1 Å². The number of benzene rings is 3. The van der Waals surface area contributed by atoms with Crippen molar-refractivity contribution < 1.29 is 19.1 Å². The minimum Gasteiger partial charge on any atom is -0.481 e. The van der Waals surface area contributed by atoms with Crippen molar-refractivity contribution in [1.29, 1.82) is 0 Å². The van der Waals surface area contributed by atoms with Gasteiger partial charge in [-0.2, -0.15) is 0 Å². The van der Waals surface area contributed by atoms with Crippen LogP contribution in [0.1, 0.15) is 29.6 Å². The molecule has 1 aliphatic rings. The Kier molecular flexibility index (Phi) is 6.06. The zero-order valence-electron chi connectivity index (χ0n) is 17.9. The minimum absolute atomic E-state index is 0.140. The molecule has 1 saturated carbocycles. The van der Waals surface area contributed by atoms with Gasteiger partial charge >= 0.3 is 5.97 Å². The third-order valence-corrected chi connectivity index (χ3v) is 7.42. The molecule has 1 aliphatic carbocycles. The average molecular weight is 495 g/mol. The Balaban J connectivity index is 1.32. The summed E-state index contributed by atoms with van der Waals surface area (Å²) in [5.41, 5.74) is 2.97. The van der Waals surface area contributed by atoms with Gasteiger partial charge in [-0.3, -0.25) is 9.59 Å². The molecule has 0 amide bonds. The van der Waals surface area contributed by atoms with Crippen molar-refractivity contribution in [1.82, 2.24) is 4.98 Å². The molecule has 2 unspecified atom stereocenters. The number of hydrogen-bond donors (Lipinski definition) is 2. The molecule has 34 heavy (non-hydrogen) atoms. The van der Waals surface area contributed by atoms with E-state index < -0.39 is 23.6 Å². The van der Waals surface area contributed by atoms with E-state index in [0.717, 1.165) is 22.2 Å². The Bertz CT molecular complexity index is 1400. The van der Waals surface area contributed by atoms with Crippen molar-refractivity contribution in [3.8, 4) is 11.1 Å². The number of Topliss-reactive ketones (excluding diaryl/α,β-unsaturated/α-hetero) is 1. The monoisotopic (exact) mass is 494 g/mol. The van der Waals surface area contributed by atoms with Crippen LogP contribution < -0.4 is 5.32 Å². The molecular formula is C26H20ClFN2O3S. The number of carboxylic acids is 1. The molecule has 5 nitrogen and oxygen atoms in total. The van der Waals surface area contributed by atoms with Gasteiger partial charge in [-0.25, -0.2) is 9.37 Å². The Morgan fingerprint density at radius 2 is 1.74 bits per heavy atom. The fraction of sp³-hybridized carbons (Fsp3) is 0.192. The summed E-state index contributed by atoms with van der Waals surface area (Å²) in [7, 11) is 0. The number of ketones is 1. The number of rotatable bonds is 6. The van der Waals surface area contributed by atoms with Crippen molar-refractivity contribution in [2.24, 2.45) is 11.8 Å². The molecule has 3 aromatic carbocycles. The third-order valence-electron chi connectivity index (χ3n) is 6.23. The maximum absolute atomic E-state index is 14.9. The number of halogens is 2. The molecule has 1 fully saturated rings.